The van der Waals surface area contributed by atoms with E-state index in [1.807, 2.05) is 49.4 Å². The standard InChI is InChI=1S/C25H22FNO4/c1-15-9-20(26)21(12-19(15)17-4-2-3-16(10-17)13-28)27-24(29)25(7-8-25)18-5-6-22-23(11-18)31-14-30-22/h2-6,9-12,28H,7-8,13-14H2,1H3,(H,27,29). The molecule has 3 aromatic carbocycles. The van der Waals surface area contributed by atoms with Gasteiger partial charge in [-0.25, -0.2) is 4.39 Å². The second kappa shape index (κ2) is 7.39. The molecule has 0 unspecified atom stereocenters. The van der Waals surface area contributed by atoms with Crippen LogP contribution in [0.1, 0.15) is 29.5 Å². The van der Waals surface area contributed by atoms with Gasteiger partial charge in [0.15, 0.2) is 11.5 Å². The van der Waals surface area contributed by atoms with Gasteiger partial charge in [0, 0.05) is 0 Å². The van der Waals surface area contributed by atoms with Gasteiger partial charge >= 0.3 is 0 Å². The van der Waals surface area contributed by atoms with Crippen molar-refractivity contribution in [2.24, 2.45) is 0 Å². The van der Waals surface area contributed by atoms with Crippen LogP contribution < -0.4 is 14.8 Å². The molecule has 0 saturated heterocycles. The summed E-state index contributed by atoms with van der Waals surface area (Å²) in [5, 5.41) is 12.2. The smallest absolute Gasteiger partial charge is 0.235 e. The first-order valence-electron chi connectivity index (χ1n) is 10.2. The van der Waals surface area contributed by atoms with E-state index in [1.165, 1.54) is 6.07 Å². The van der Waals surface area contributed by atoms with Crippen LogP contribution in [0.4, 0.5) is 10.1 Å². The molecule has 0 aromatic heterocycles. The number of hydrogen-bond acceptors (Lipinski definition) is 4. The van der Waals surface area contributed by atoms with Gasteiger partial charge in [0.1, 0.15) is 5.82 Å². The molecule has 0 bridgehead atoms. The lowest BCUT2D eigenvalue weighted by molar-refractivity contribution is -0.118. The van der Waals surface area contributed by atoms with Crippen molar-refractivity contribution in [3.8, 4) is 22.6 Å². The number of aryl methyl sites for hydroxylation is 1. The molecule has 2 aliphatic rings. The minimum Gasteiger partial charge on any atom is -0.454 e. The van der Waals surface area contributed by atoms with Crippen LogP contribution in [0.15, 0.2) is 54.6 Å². The van der Waals surface area contributed by atoms with Gasteiger partial charge < -0.3 is 19.9 Å². The first-order valence-corrected chi connectivity index (χ1v) is 10.2. The summed E-state index contributed by atoms with van der Waals surface area (Å²) in [6, 6.07) is 16.0. The van der Waals surface area contributed by atoms with Crippen molar-refractivity contribution in [1.82, 2.24) is 0 Å². The molecule has 1 heterocycles. The summed E-state index contributed by atoms with van der Waals surface area (Å²) in [4.78, 5) is 13.2. The molecular formula is C25H22FNO4. The normalized spacial score (nSPS) is 15.6. The Hall–Kier alpha value is -3.38. The first-order chi connectivity index (χ1) is 15.0. The number of rotatable bonds is 5. The number of aliphatic hydroxyl groups excluding tert-OH is 1. The maximum Gasteiger partial charge on any atom is 0.235 e. The number of hydrogen-bond donors (Lipinski definition) is 2. The lowest BCUT2D eigenvalue weighted by Crippen LogP contribution is -2.28. The van der Waals surface area contributed by atoms with Gasteiger partial charge in [0.05, 0.1) is 17.7 Å². The van der Waals surface area contributed by atoms with Gasteiger partial charge in [0.25, 0.3) is 0 Å². The number of benzene rings is 3. The lowest BCUT2D eigenvalue weighted by Gasteiger charge is -2.18. The molecule has 0 radical (unpaired) electrons. The highest BCUT2D eigenvalue weighted by Crippen LogP contribution is 2.51. The Morgan fingerprint density at radius 3 is 2.68 bits per heavy atom. The van der Waals surface area contributed by atoms with Crippen molar-refractivity contribution in [2.45, 2.75) is 31.8 Å². The van der Waals surface area contributed by atoms with Crippen LogP contribution in [-0.2, 0) is 16.8 Å². The molecule has 158 valence electrons. The van der Waals surface area contributed by atoms with E-state index in [0.717, 1.165) is 27.8 Å². The second-order valence-electron chi connectivity index (χ2n) is 8.11. The van der Waals surface area contributed by atoms with Gasteiger partial charge in [-0.2, -0.15) is 0 Å². The lowest BCUT2D eigenvalue weighted by atomic mass is 9.94. The van der Waals surface area contributed by atoms with E-state index in [1.54, 1.807) is 6.07 Å². The van der Waals surface area contributed by atoms with Crippen LogP contribution in [0.3, 0.4) is 0 Å². The molecule has 1 aliphatic heterocycles. The zero-order chi connectivity index (χ0) is 21.6. The Labute approximate surface area is 179 Å². The SMILES string of the molecule is Cc1cc(F)c(NC(=O)C2(c3ccc4c(c3)OCO4)CC2)cc1-c1cccc(CO)c1. The van der Waals surface area contributed by atoms with E-state index in [-0.39, 0.29) is 25.0 Å². The molecular weight excluding hydrogens is 397 g/mol. The molecule has 31 heavy (non-hydrogen) atoms. The van der Waals surface area contributed by atoms with Crippen molar-refractivity contribution in [1.29, 1.82) is 0 Å². The summed E-state index contributed by atoms with van der Waals surface area (Å²) in [5.41, 5.74) is 3.49. The van der Waals surface area contributed by atoms with E-state index < -0.39 is 11.2 Å². The highest BCUT2D eigenvalue weighted by atomic mass is 19.1. The highest BCUT2D eigenvalue weighted by molar-refractivity contribution is 6.02. The molecule has 5 nitrogen and oxygen atoms in total. The number of carbonyl (C=O) groups excluding carboxylic acids is 1. The average Bonchev–Trinajstić information content (AvgIpc) is 3.46. The van der Waals surface area contributed by atoms with Gasteiger partial charge in [0.2, 0.25) is 12.7 Å². The van der Waals surface area contributed by atoms with Gasteiger partial charge in [-0.15, -0.1) is 0 Å². The van der Waals surface area contributed by atoms with Crippen LogP contribution in [-0.4, -0.2) is 17.8 Å². The molecule has 0 spiro atoms. The maximum absolute atomic E-state index is 14.8. The fourth-order valence-electron chi connectivity index (χ4n) is 4.12. The molecule has 5 rings (SSSR count). The zero-order valence-electron chi connectivity index (χ0n) is 17.1. The molecule has 1 fully saturated rings. The molecule has 1 amide bonds. The van der Waals surface area contributed by atoms with E-state index in [9.17, 15) is 14.3 Å². The van der Waals surface area contributed by atoms with E-state index in [4.69, 9.17) is 9.47 Å². The third kappa shape index (κ3) is 3.43. The van der Waals surface area contributed by atoms with E-state index >= 15 is 0 Å². The topological polar surface area (TPSA) is 67.8 Å². The molecule has 1 aliphatic carbocycles. The van der Waals surface area contributed by atoms with Crippen molar-refractivity contribution in [3.63, 3.8) is 0 Å². The first kappa shape index (κ1) is 19.6. The second-order valence-corrected chi connectivity index (χ2v) is 8.11. The van der Waals surface area contributed by atoms with Crippen molar-refractivity contribution in [2.75, 3.05) is 12.1 Å². The molecule has 1 saturated carbocycles. The van der Waals surface area contributed by atoms with Crippen molar-refractivity contribution >= 4 is 11.6 Å². The summed E-state index contributed by atoms with van der Waals surface area (Å²) in [7, 11) is 0. The van der Waals surface area contributed by atoms with Gasteiger partial charge in [-0.05, 0) is 77.9 Å². The number of carbonyl (C=O) groups is 1. The van der Waals surface area contributed by atoms with Gasteiger partial charge in [-0.3, -0.25) is 4.79 Å². The summed E-state index contributed by atoms with van der Waals surface area (Å²) in [5.74, 6) is 0.585. The predicted molar refractivity (Wildman–Crippen MR) is 115 cm³/mol. The number of aliphatic hydroxyl groups is 1. The Bertz CT molecular complexity index is 1190. The Morgan fingerprint density at radius 1 is 1.10 bits per heavy atom. The number of nitrogens with one attached hydrogen (secondary N) is 1. The van der Waals surface area contributed by atoms with Crippen LogP contribution in [0, 0.1) is 12.7 Å². The predicted octanol–water partition coefficient (Wildman–Crippen LogP) is 4.69. The van der Waals surface area contributed by atoms with Crippen molar-refractivity contribution in [3.05, 3.63) is 77.1 Å². The van der Waals surface area contributed by atoms with E-state index in [2.05, 4.69) is 5.32 Å². The number of ether oxygens (including phenoxy) is 2. The summed E-state index contributed by atoms with van der Waals surface area (Å²) in [6.45, 7) is 1.92. The molecule has 0 atom stereocenters. The summed E-state index contributed by atoms with van der Waals surface area (Å²) >= 11 is 0. The quantitative estimate of drug-likeness (QED) is 0.630. The minimum absolute atomic E-state index is 0.0737. The fourth-order valence-corrected chi connectivity index (χ4v) is 4.12. The number of fused-ring (bicyclic) bond motifs is 1. The van der Waals surface area contributed by atoms with Crippen LogP contribution in [0.5, 0.6) is 11.5 Å². The van der Waals surface area contributed by atoms with Gasteiger partial charge in [-0.1, -0.05) is 24.3 Å². The Kier molecular flexibility index (Phi) is 4.67. The monoisotopic (exact) mass is 419 g/mol. The van der Waals surface area contributed by atoms with Crippen molar-refractivity contribution < 1.29 is 23.8 Å². The zero-order valence-corrected chi connectivity index (χ0v) is 17.1. The summed E-state index contributed by atoms with van der Waals surface area (Å²) < 4.78 is 25.5. The highest BCUT2D eigenvalue weighted by Gasteiger charge is 2.51. The molecule has 6 heteroatoms. The third-order valence-corrected chi connectivity index (χ3v) is 6.09. The Balaban J connectivity index is 1.45. The molecule has 2 N–H and O–H groups in total. The number of anilines is 1. The van der Waals surface area contributed by atoms with Crippen LogP contribution in [0.2, 0.25) is 0 Å². The Morgan fingerprint density at radius 2 is 1.90 bits per heavy atom. The minimum atomic E-state index is -0.685. The molecule has 3 aromatic rings. The largest absolute Gasteiger partial charge is 0.454 e. The summed E-state index contributed by atoms with van der Waals surface area (Å²) in [6.07, 6.45) is 1.38. The third-order valence-electron chi connectivity index (χ3n) is 6.09. The number of amides is 1. The fraction of sp³-hybridized carbons (Fsp3) is 0.240. The maximum atomic E-state index is 14.8. The van der Waals surface area contributed by atoms with E-state index in [0.29, 0.717) is 24.3 Å². The van der Waals surface area contributed by atoms with Crippen LogP contribution >= 0.6 is 0 Å². The number of halogens is 1. The van der Waals surface area contributed by atoms with Crippen LogP contribution in [0.25, 0.3) is 11.1 Å². The average molecular weight is 419 g/mol.